The van der Waals surface area contributed by atoms with Crippen LogP contribution in [0.3, 0.4) is 0 Å². The van der Waals surface area contributed by atoms with E-state index in [1.807, 2.05) is 32.0 Å². The quantitative estimate of drug-likeness (QED) is 0.376. The van der Waals surface area contributed by atoms with Crippen molar-refractivity contribution in [1.82, 2.24) is 15.0 Å². The zero-order chi connectivity index (χ0) is 22.7. The maximum Gasteiger partial charge on any atom is 0.146 e. The summed E-state index contributed by atoms with van der Waals surface area (Å²) in [6.07, 6.45) is 5.99. The van der Waals surface area contributed by atoms with Crippen molar-refractivity contribution >= 4 is 38.7 Å². The van der Waals surface area contributed by atoms with Gasteiger partial charge < -0.3 is 18.6 Å². The van der Waals surface area contributed by atoms with Crippen molar-refractivity contribution in [3.63, 3.8) is 0 Å². The fourth-order valence-electron chi connectivity index (χ4n) is 3.39. The standard InChI is InChI=1S/C23H21FN5O2S/c1-14-10-18(29-32(3)30)12-20-22(14)23(27-13-26-20)28-19-5-4-17(24)11-21(19)31-15(2)16-6-8-25-9-7-16/h4-13,15H,1-3H3,(H,26,27,28)/q-1. The number of pyridine rings is 1. The number of ether oxygens (including phenoxy) is 1. The lowest BCUT2D eigenvalue weighted by Gasteiger charge is -2.19. The zero-order valence-corrected chi connectivity index (χ0v) is 18.6. The third kappa shape index (κ3) is 4.83. The van der Waals surface area contributed by atoms with E-state index in [1.54, 1.807) is 24.5 Å². The number of benzene rings is 2. The van der Waals surface area contributed by atoms with Crippen LogP contribution in [-0.2, 0) is 14.8 Å². The molecule has 0 saturated heterocycles. The normalized spacial score (nSPS) is 13.1. The van der Waals surface area contributed by atoms with Crippen molar-refractivity contribution in [3.8, 4) is 5.75 Å². The summed E-state index contributed by atoms with van der Waals surface area (Å²) < 4.78 is 35.7. The summed E-state index contributed by atoms with van der Waals surface area (Å²) >= 11 is 0. The van der Waals surface area contributed by atoms with E-state index in [1.165, 1.54) is 24.7 Å². The van der Waals surface area contributed by atoms with E-state index in [0.29, 0.717) is 28.5 Å². The smallest absolute Gasteiger partial charge is 0.146 e. The third-order valence-corrected chi connectivity index (χ3v) is 5.30. The van der Waals surface area contributed by atoms with E-state index < -0.39 is 16.4 Å². The molecular formula is C23H21FN5O2S-. The van der Waals surface area contributed by atoms with Crippen LogP contribution in [0.2, 0.25) is 0 Å². The van der Waals surface area contributed by atoms with Gasteiger partial charge in [0.15, 0.2) is 0 Å². The molecule has 0 saturated carbocycles. The molecule has 2 heterocycles. The lowest BCUT2D eigenvalue weighted by Crippen LogP contribution is -2.06. The molecular weight excluding hydrogens is 429 g/mol. The number of hydrogen-bond donors (Lipinski definition) is 1. The summed E-state index contributed by atoms with van der Waals surface area (Å²) in [5, 5.41) is 4.04. The average Bonchev–Trinajstić information content (AvgIpc) is 2.75. The molecule has 0 fully saturated rings. The number of rotatable bonds is 6. The molecule has 0 aliphatic heterocycles. The maximum atomic E-state index is 14.0. The van der Waals surface area contributed by atoms with E-state index >= 15 is 0 Å². The van der Waals surface area contributed by atoms with E-state index in [9.17, 15) is 8.60 Å². The van der Waals surface area contributed by atoms with Gasteiger partial charge in [-0.05, 0) is 61.4 Å². The Kier molecular flexibility index (Phi) is 6.27. The van der Waals surface area contributed by atoms with Crippen molar-refractivity contribution in [2.75, 3.05) is 11.6 Å². The number of aryl methyl sites for hydroxylation is 1. The molecule has 0 bridgehead atoms. The number of nitrogens with zero attached hydrogens (tertiary/aromatic N) is 4. The van der Waals surface area contributed by atoms with Crippen molar-refractivity contribution in [3.05, 3.63) is 78.1 Å². The molecule has 0 radical (unpaired) electrons. The van der Waals surface area contributed by atoms with Gasteiger partial charge in [0.05, 0.1) is 11.2 Å². The molecule has 1 N–H and O–H groups in total. The molecule has 7 nitrogen and oxygen atoms in total. The predicted molar refractivity (Wildman–Crippen MR) is 123 cm³/mol. The number of aromatic nitrogens is 3. The molecule has 9 heteroatoms. The second kappa shape index (κ2) is 9.27. The van der Waals surface area contributed by atoms with E-state index in [-0.39, 0.29) is 6.10 Å². The van der Waals surface area contributed by atoms with Gasteiger partial charge in [-0.1, -0.05) is 0 Å². The number of anilines is 2. The molecule has 1 atom stereocenters. The fourth-order valence-corrected chi connectivity index (χ4v) is 3.79. The van der Waals surface area contributed by atoms with Crippen molar-refractivity contribution in [1.29, 1.82) is 0 Å². The molecule has 4 rings (SSSR count). The summed E-state index contributed by atoms with van der Waals surface area (Å²) in [5.74, 6) is 0.492. The van der Waals surface area contributed by atoms with Gasteiger partial charge in [-0.2, -0.15) is 10.6 Å². The van der Waals surface area contributed by atoms with Crippen molar-refractivity contribution in [2.24, 2.45) is 4.36 Å². The Morgan fingerprint density at radius 1 is 1.12 bits per heavy atom. The molecule has 0 aliphatic carbocycles. The van der Waals surface area contributed by atoms with Gasteiger partial charge in [-0.3, -0.25) is 4.98 Å². The first-order valence-corrected chi connectivity index (χ1v) is 11.4. The summed E-state index contributed by atoms with van der Waals surface area (Å²) in [5.41, 5.74) is 3.58. The monoisotopic (exact) mass is 450 g/mol. The second-order valence-electron chi connectivity index (χ2n) is 7.20. The van der Waals surface area contributed by atoms with E-state index in [4.69, 9.17) is 4.74 Å². The Hall–Kier alpha value is -3.59. The molecule has 2 aromatic carbocycles. The van der Waals surface area contributed by atoms with E-state index in [0.717, 1.165) is 16.5 Å². The Labute approximate surface area is 186 Å². The van der Waals surface area contributed by atoms with Crippen LogP contribution < -0.4 is 10.1 Å². The third-order valence-electron chi connectivity index (χ3n) is 4.83. The number of halogens is 1. The van der Waals surface area contributed by atoms with Crippen LogP contribution in [0.4, 0.5) is 21.6 Å². The summed E-state index contributed by atoms with van der Waals surface area (Å²) in [4.78, 5) is 12.7. The fraction of sp³-hybridized carbons (Fsp3) is 0.174. The van der Waals surface area contributed by atoms with Gasteiger partial charge >= 0.3 is 0 Å². The summed E-state index contributed by atoms with van der Waals surface area (Å²) in [6, 6.07) is 11.6. The average molecular weight is 451 g/mol. The number of hydrogen-bond acceptors (Lipinski definition) is 8. The molecule has 0 spiro atoms. The van der Waals surface area contributed by atoms with Crippen LogP contribution >= 0.6 is 0 Å². The second-order valence-corrected chi connectivity index (χ2v) is 8.23. The van der Waals surface area contributed by atoms with Crippen LogP contribution in [0.25, 0.3) is 10.9 Å². The van der Waals surface area contributed by atoms with Crippen LogP contribution in [0, 0.1) is 12.7 Å². The first kappa shape index (κ1) is 21.6. The van der Waals surface area contributed by atoms with Gasteiger partial charge in [0.25, 0.3) is 0 Å². The largest absolute Gasteiger partial charge is 0.484 e. The zero-order valence-electron chi connectivity index (χ0n) is 17.7. The molecule has 0 amide bonds. The van der Waals surface area contributed by atoms with Crippen LogP contribution in [0.5, 0.6) is 5.75 Å². The van der Waals surface area contributed by atoms with Gasteiger partial charge in [-0.15, -0.1) is 6.26 Å². The van der Waals surface area contributed by atoms with Crippen molar-refractivity contribution in [2.45, 2.75) is 20.0 Å². The highest BCUT2D eigenvalue weighted by Gasteiger charge is 2.15. The molecule has 2 aromatic heterocycles. The Balaban J connectivity index is 1.72. The highest BCUT2D eigenvalue weighted by molar-refractivity contribution is 7.74. The highest BCUT2D eigenvalue weighted by atomic mass is 32.2. The lowest BCUT2D eigenvalue weighted by molar-refractivity contribution is 0.227. The molecule has 0 aliphatic rings. The molecule has 1 unspecified atom stereocenters. The highest BCUT2D eigenvalue weighted by Crippen LogP contribution is 2.35. The minimum absolute atomic E-state index is 0.316. The minimum atomic E-state index is -1.32. The van der Waals surface area contributed by atoms with Crippen molar-refractivity contribution < 1.29 is 13.3 Å². The topological polar surface area (TPSA) is 89.4 Å². The number of nitrogens with one attached hydrogen (secondary N) is 1. The summed E-state index contributed by atoms with van der Waals surface area (Å²) in [6.45, 7) is 3.79. The first-order chi connectivity index (χ1) is 15.4. The molecule has 4 aromatic rings. The first-order valence-electron chi connectivity index (χ1n) is 9.84. The SMILES string of the molecule is Cc1cc(N=[S-](C)=O)cc2ncnc(Nc3ccc(F)cc3OC(C)c3ccncc3)c12. The maximum absolute atomic E-state index is 14.0. The van der Waals surface area contributed by atoms with Gasteiger partial charge in [0.1, 0.15) is 29.8 Å². The predicted octanol–water partition coefficient (Wildman–Crippen LogP) is 5.76. The minimum Gasteiger partial charge on any atom is -0.484 e. The van der Waals surface area contributed by atoms with Gasteiger partial charge in [0.2, 0.25) is 0 Å². The Bertz CT molecular complexity index is 1360. The van der Waals surface area contributed by atoms with Gasteiger partial charge in [0, 0.05) is 29.5 Å². The molecule has 164 valence electrons. The van der Waals surface area contributed by atoms with Crippen LogP contribution in [0.1, 0.15) is 24.2 Å². The van der Waals surface area contributed by atoms with E-state index in [2.05, 4.69) is 24.6 Å². The Morgan fingerprint density at radius 2 is 1.91 bits per heavy atom. The lowest BCUT2D eigenvalue weighted by atomic mass is 10.1. The molecule has 32 heavy (non-hydrogen) atoms. The van der Waals surface area contributed by atoms with Gasteiger partial charge in [-0.25, -0.2) is 14.4 Å². The van der Waals surface area contributed by atoms with Crippen LogP contribution in [-0.4, -0.2) is 21.2 Å². The van der Waals surface area contributed by atoms with Crippen LogP contribution in [0.15, 0.2) is 65.5 Å². The Morgan fingerprint density at radius 3 is 2.66 bits per heavy atom. The summed E-state index contributed by atoms with van der Waals surface area (Å²) in [7, 11) is -1.32. The number of fused-ring (bicyclic) bond motifs is 1.